The maximum Gasteiger partial charge on any atom is 0.343 e. The Morgan fingerprint density at radius 3 is 2.61 bits per heavy atom. The van der Waals surface area contributed by atoms with Crippen LogP contribution in [0.4, 0.5) is 14.5 Å². The van der Waals surface area contributed by atoms with Crippen LogP contribution in [0.25, 0.3) is 27.3 Å². The summed E-state index contributed by atoms with van der Waals surface area (Å²) in [7, 11) is 0. The first-order chi connectivity index (χ1) is 17.3. The molecule has 0 spiro atoms. The number of carbonyl (C=O) groups excluding carboxylic acids is 1. The predicted octanol–water partition coefficient (Wildman–Crippen LogP) is 6.48. The van der Waals surface area contributed by atoms with Gasteiger partial charge in [0.1, 0.15) is 17.1 Å². The van der Waals surface area contributed by atoms with Crippen LogP contribution in [0.5, 0.6) is 0 Å². The highest BCUT2D eigenvalue weighted by Gasteiger charge is 2.28. The van der Waals surface area contributed by atoms with E-state index < -0.39 is 23.0 Å². The number of benzene rings is 2. The van der Waals surface area contributed by atoms with E-state index in [0.717, 1.165) is 30.2 Å². The molecule has 3 heterocycles. The number of nitrogens with zero attached hydrogens (tertiary/aromatic N) is 3. The minimum absolute atomic E-state index is 0.0334. The number of hydrogen-bond donors (Lipinski definition) is 0. The van der Waals surface area contributed by atoms with Crippen molar-refractivity contribution in [2.45, 2.75) is 19.8 Å². The van der Waals surface area contributed by atoms with Crippen molar-refractivity contribution >= 4 is 57.1 Å². The van der Waals surface area contributed by atoms with Crippen molar-refractivity contribution in [2.75, 3.05) is 24.6 Å². The molecule has 5 rings (SSSR count). The second-order valence-corrected chi connectivity index (χ2v) is 9.87. The van der Waals surface area contributed by atoms with Crippen molar-refractivity contribution in [3.05, 3.63) is 73.3 Å². The number of esters is 1. The van der Waals surface area contributed by atoms with Crippen molar-refractivity contribution in [1.29, 1.82) is 0 Å². The molecule has 0 radical (unpaired) electrons. The average molecular weight is 550 g/mol. The molecule has 1 aliphatic rings. The van der Waals surface area contributed by atoms with Gasteiger partial charge in [-0.1, -0.05) is 29.3 Å². The zero-order chi connectivity index (χ0) is 25.6. The van der Waals surface area contributed by atoms with E-state index in [1.807, 2.05) is 0 Å². The molecule has 11 heteroatoms. The third kappa shape index (κ3) is 4.25. The number of carbonyl (C=O) groups is 1. The Bertz CT molecular complexity index is 1560. The lowest BCUT2D eigenvalue weighted by Gasteiger charge is -2.21. The van der Waals surface area contributed by atoms with Gasteiger partial charge in [0.15, 0.2) is 10.9 Å². The molecule has 0 amide bonds. The van der Waals surface area contributed by atoms with Gasteiger partial charge in [0.05, 0.1) is 33.2 Å². The van der Waals surface area contributed by atoms with E-state index in [9.17, 15) is 9.59 Å². The Morgan fingerprint density at radius 1 is 1.17 bits per heavy atom. The van der Waals surface area contributed by atoms with Gasteiger partial charge in [-0.25, -0.2) is 18.6 Å². The molecule has 0 unspecified atom stereocenters. The monoisotopic (exact) mass is 549 g/mol. The highest BCUT2D eigenvalue weighted by Crippen LogP contribution is 2.35. The molecule has 0 aliphatic carbocycles. The lowest BCUT2D eigenvalue weighted by Crippen LogP contribution is -2.24. The summed E-state index contributed by atoms with van der Waals surface area (Å²) in [5.74, 6) is -2.63. The predicted molar refractivity (Wildman–Crippen MR) is 138 cm³/mol. The lowest BCUT2D eigenvalue weighted by molar-refractivity contribution is 0.0524. The Morgan fingerprint density at radius 2 is 1.92 bits per heavy atom. The summed E-state index contributed by atoms with van der Waals surface area (Å²) in [6, 6.07) is 6.01. The average Bonchev–Trinajstić information content (AvgIpc) is 3.54. The minimum Gasteiger partial charge on any atom is -0.462 e. The van der Waals surface area contributed by atoms with E-state index in [1.165, 1.54) is 10.8 Å². The van der Waals surface area contributed by atoms with E-state index in [0.29, 0.717) is 34.4 Å². The van der Waals surface area contributed by atoms with E-state index in [-0.39, 0.29) is 33.9 Å². The number of hydrogen-bond acceptors (Lipinski definition) is 6. The highest BCUT2D eigenvalue weighted by atomic mass is 35.5. The molecular formula is C25H19Cl2F2N3O3S. The molecule has 0 N–H and O–H groups in total. The van der Waals surface area contributed by atoms with Crippen molar-refractivity contribution in [1.82, 2.24) is 9.55 Å². The third-order valence-corrected chi connectivity index (χ3v) is 7.57. The van der Waals surface area contributed by atoms with E-state index in [2.05, 4.69) is 4.98 Å². The second-order valence-electron chi connectivity index (χ2n) is 8.22. The smallest absolute Gasteiger partial charge is 0.343 e. The molecule has 1 fully saturated rings. The number of thiazole rings is 1. The number of fused-ring (bicyclic) bond motifs is 1. The van der Waals surface area contributed by atoms with Gasteiger partial charge in [0, 0.05) is 30.2 Å². The Labute approximate surface area is 218 Å². The number of anilines is 1. The standard InChI is InChI=1S/C25H19Cl2F2N3O3S/c1-2-35-24(34)15-11-32(25-30-19(12-36-25)13-5-6-16(26)17(27)9-13)21-14(23(15)33)10-18(28)22(20(21)29)31-7-3-4-8-31/h5-6,9-12H,2-4,7-8H2,1H3. The van der Waals surface area contributed by atoms with Gasteiger partial charge in [0.25, 0.3) is 0 Å². The largest absolute Gasteiger partial charge is 0.462 e. The van der Waals surface area contributed by atoms with Crippen LogP contribution in [0, 0.1) is 11.6 Å². The summed E-state index contributed by atoms with van der Waals surface area (Å²) in [6.45, 7) is 2.64. The molecule has 4 aromatic rings. The summed E-state index contributed by atoms with van der Waals surface area (Å²) < 4.78 is 37.5. The Kier molecular flexibility index (Phi) is 6.72. The van der Waals surface area contributed by atoms with E-state index in [4.69, 9.17) is 27.9 Å². The molecule has 0 saturated carbocycles. The fraction of sp³-hybridized carbons (Fsp3) is 0.240. The molecule has 2 aromatic carbocycles. The molecular weight excluding hydrogens is 531 g/mol. The normalized spacial score (nSPS) is 13.5. The summed E-state index contributed by atoms with van der Waals surface area (Å²) >= 11 is 13.3. The number of ether oxygens (including phenoxy) is 1. The quantitative estimate of drug-likeness (QED) is 0.267. The van der Waals surface area contributed by atoms with Gasteiger partial charge in [-0.15, -0.1) is 11.3 Å². The van der Waals surface area contributed by atoms with Crippen LogP contribution in [0.1, 0.15) is 30.1 Å². The van der Waals surface area contributed by atoms with Crippen molar-refractivity contribution < 1.29 is 18.3 Å². The van der Waals surface area contributed by atoms with Crippen LogP contribution in [0.15, 0.2) is 40.6 Å². The van der Waals surface area contributed by atoms with Crippen LogP contribution < -0.4 is 10.3 Å². The first-order valence-electron chi connectivity index (χ1n) is 11.2. The molecule has 1 aliphatic heterocycles. The van der Waals surface area contributed by atoms with E-state index >= 15 is 8.78 Å². The first-order valence-corrected chi connectivity index (χ1v) is 12.8. The van der Waals surface area contributed by atoms with Crippen LogP contribution in [-0.2, 0) is 4.74 Å². The van der Waals surface area contributed by atoms with Gasteiger partial charge >= 0.3 is 5.97 Å². The van der Waals surface area contributed by atoms with Crippen LogP contribution in [0.3, 0.4) is 0 Å². The van der Waals surface area contributed by atoms with Crippen molar-refractivity contribution in [2.24, 2.45) is 0 Å². The second kappa shape index (κ2) is 9.80. The Hall–Kier alpha value is -3.01. The zero-order valence-corrected chi connectivity index (χ0v) is 21.3. The van der Waals surface area contributed by atoms with Gasteiger partial charge < -0.3 is 9.64 Å². The van der Waals surface area contributed by atoms with Gasteiger partial charge in [-0.3, -0.25) is 9.36 Å². The molecule has 36 heavy (non-hydrogen) atoms. The number of pyridine rings is 1. The maximum absolute atomic E-state index is 16.0. The fourth-order valence-electron chi connectivity index (χ4n) is 4.30. The van der Waals surface area contributed by atoms with E-state index in [1.54, 1.807) is 35.4 Å². The number of rotatable bonds is 5. The maximum atomic E-state index is 16.0. The van der Waals surface area contributed by atoms with Crippen molar-refractivity contribution in [3.8, 4) is 16.4 Å². The summed E-state index contributed by atoms with van der Waals surface area (Å²) in [5.41, 5.74) is -0.313. The van der Waals surface area contributed by atoms with Crippen LogP contribution in [-0.4, -0.2) is 35.2 Å². The molecule has 0 bridgehead atoms. The number of halogens is 4. The number of aromatic nitrogens is 2. The van der Waals surface area contributed by atoms with Gasteiger partial charge in [-0.2, -0.15) is 0 Å². The molecule has 0 atom stereocenters. The minimum atomic E-state index is -0.885. The zero-order valence-electron chi connectivity index (χ0n) is 19.0. The highest BCUT2D eigenvalue weighted by molar-refractivity contribution is 7.12. The third-order valence-electron chi connectivity index (χ3n) is 5.99. The topological polar surface area (TPSA) is 64.4 Å². The van der Waals surface area contributed by atoms with Crippen molar-refractivity contribution in [3.63, 3.8) is 0 Å². The fourth-order valence-corrected chi connectivity index (χ4v) is 5.42. The molecule has 2 aromatic heterocycles. The molecule has 6 nitrogen and oxygen atoms in total. The summed E-state index contributed by atoms with van der Waals surface area (Å²) in [6.07, 6.45) is 2.82. The van der Waals surface area contributed by atoms with Crippen LogP contribution in [0.2, 0.25) is 10.0 Å². The summed E-state index contributed by atoms with van der Waals surface area (Å²) in [5, 5.41) is 2.46. The van der Waals surface area contributed by atoms with Gasteiger partial charge in [-0.05, 0) is 38.0 Å². The molecule has 186 valence electrons. The molecule has 1 saturated heterocycles. The first kappa shape index (κ1) is 24.7. The lowest BCUT2D eigenvalue weighted by atomic mass is 10.1. The van der Waals surface area contributed by atoms with Gasteiger partial charge in [0.2, 0.25) is 5.43 Å². The SMILES string of the molecule is CCOC(=O)c1cn(-c2nc(-c3ccc(Cl)c(Cl)c3)cs2)c2c(F)c(N3CCCC3)c(F)cc2c1=O. The van der Waals surface area contributed by atoms with Crippen LogP contribution >= 0.6 is 34.5 Å². The summed E-state index contributed by atoms with van der Waals surface area (Å²) in [4.78, 5) is 31.9. The Balaban J connectivity index is 1.77.